The highest BCUT2D eigenvalue weighted by Gasteiger charge is 2.21. The summed E-state index contributed by atoms with van der Waals surface area (Å²) >= 11 is 0. The van der Waals surface area contributed by atoms with Crippen LogP contribution < -0.4 is 0 Å². The normalized spacial score (nSPS) is 11.9. The summed E-state index contributed by atoms with van der Waals surface area (Å²) in [5.41, 5.74) is -1.49. The first-order valence-electron chi connectivity index (χ1n) is 12.4. The van der Waals surface area contributed by atoms with Crippen LogP contribution >= 0.6 is 0 Å². The Balaban J connectivity index is 1.57. The average molecular weight is 577 g/mol. The topological polar surface area (TPSA) is 0 Å². The van der Waals surface area contributed by atoms with E-state index in [1.165, 1.54) is 30.3 Å². The molecule has 9 heteroatoms. The third kappa shape index (κ3) is 6.56. The molecule has 0 heterocycles. The largest absolute Gasteiger partial charge is 0.209 e. The van der Waals surface area contributed by atoms with Gasteiger partial charge in [-0.3, -0.25) is 0 Å². The van der Waals surface area contributed by atoms with Crippen LogP contribution in [0.4, 0.5) is 39.5 Å². The van der Waals surface area contributed by atoms with Gasteiger partial charge in [0.05, 0.1) is 11.1 Å². The first-order valence-corrected chi connectivity index (χ1v) is 12.4. The maximum absolute atomic E-state index is 15.0. The van der Waals surface area contributed by atoms with E-state index in [0.29, 0.717) is 17.7 Å². The van der Waals surface area contributed by atoms with Crippen molar-refractivity contribution < 1.29 is 39.5 Å². The second-order valence-corrected chi connectivity index (χ2v) is 9.25. The molecule has 4 aromatic rings. The van der Waals surface area contributed by atoms with E-state index in [2.05, 4.69) is 6.58 Å². The van der Waals surface area contributed by atoms with Gasteiger partial charge in [-0.15, -0.1) is 6.58 Å². The molecule has 4 rings (SSSR count). The van der Waals surface area contributed by atoms with Gasteiger partial charge < -0.3 is 0 Å². The Hall–Kier alpha value is -4.27. The molecule has 0 aliphatic heterocycles. The van der Waals surface area contributed by atoms with E-state index in [9.17, 15) is 30.7 Å². The van der Waals surface area contributed by atoms with Gasteiger partial charge in [-0.2, -0.15) is 0 Å². The number of rotatable bonds is 9. The molecule has 0 atom stereocenters. The highest BCUT2D eigenvalue weighted by Crippen LogP contribution is 2.36. The molecule has 0 radical (unpaired) electrons. The van der Waals surface area contributed by atoms with Crippen LogP contribution in [0.5, 0.6) is 0 Å². The third-order valence-corrected chi connectivity index (χ3v) is 6.42. The molecule has 0 bridgehead atoms. The summed E-state index contributed by atoms with van der Waals surface area (Å²) in [5, 5.41) is 0. The fourth-order valence-corrected chi connectivity index (χ4v) is 4.34. The highest BCUT2D eigenvalue weighted by atomic mass is 19.2. The third-order valence-electron chi connectivity index (χ3n) is 6.42. The molecular formula is C32H21F9. The molecule has 0 nitrogen and oxygen atoms in total. The number of hydrogen-bond acceptors (Lipinski definition) is 0. The number of aryl methyl sites for hydroxylation is 2. The van der Waals surface area contributed by atoms with Crippen molar-refractivity contribution >= 4 is 5.83 Å². The van der Waals surface area contributed by atoms with Crippen LogP contribution in [-0.2, 0) is 12.8 Å². The van der Waals surface area contributed by atoms with E-state index >= 15 is 8.78 Å². The Morgan fingerprint density at radius 2 is 1.07 bits per heavy atom. The maximum atomic E-state index is 15.0. The summed E-state index contributed by atoms with van der Waals surface area (Å²) < 4.78 is 128. The molecule has 0 saturated carbocycles. The van der Waals surface area contributed by atoms with Crippen molar-refractivity contribution in [3.63, 3.8) is 0 Å². The lowest BCUT2D eigenvalue weighted by atomic mass is 9.96. The predicted octanol–water partition coefficient (Wildman–Crippen LogP) is 10.4. The fraction of sp³-hybridized carbons (Fsp3) is 0.125. The summed E-state index contributed by atoms with van der Waals surface area (Å²) in [4.78, 5) is 0. The molecule has 41 heavy (non-hydrogen) atoms. The highest BCUT2D eigenvalue weighted by molar-refractivity contribution is 5.74. The van der Waals surface area contributed by atoms with Crippen molar-refractivity contribution in [2.24, 2.45) is 0 Å². The van der Waals surface area contributed by atoms with E-state index < -0.39 is 74.6 Å². The van der Waals surface area contributed by atoms with Crippen LogP contribution in [0.15, 0.2) is 79.1 Å². The monoisotopic (exact) mass is 576 g/mol. The van der Waals surface area contributed by atoms with Gasteiger partial charge in [0.2, 0.25) is 0 Å². The molecule has 0 aliphatic carbocycles. The Labute approximate surface area is 230 Å². The predicted molar refractivity (Wildman–Crippen MR) is 139 cm³/mol. The first-order chi connectivity index (χ1) is 19.5. The zero-order valence-corrected chi connectivity index (χ0v) is 21.3. The Bertz CT molecular complexity index is 1570. The van der Waals surface area contributed by atoms with E-state index in [1.807, 2.05) is 0 Å². The minimum atomic E-state index is -1.56. The number of halogens is 9. The van der Waals surface area contributed by atoms with Crippen molar-refractivity contribution in [3.05, 3.63) is 137 Å². The van der Waals surface area contributed by atoms with Crippen molar-refractivity contribution in [1.29, 1.82) is 0 Å². The smallest absolute Gasteiger partial charge is 0.194 e. The fourth-order valence-electron chi connectivity index (χ4n) is 4.34. The first kappa shape index (κ1) is 29.7. The zero-order chi connectivity index (χ0) is 29.8. The maximum Gasteiger partial charge on any atom is 0.194 e. The molecular weight excluding hydrogens is 555 g/mol. The molecule has 0 fully saturated rings. The van der Waals surface area contributed by atoms with Gasteiger partial charge in [-0.1, -0.05) is 30.3 Å². The van der Waals surface area contributed by atoms with Crippen LogP contribution in [0.3, 0.4) is 0 Å². The van der Waals surface area contributed by atoms with Crippen LogP contribution in [0.2, 0.25) is 0 Å². The van der Waals surface area contributed by atoms with Gasteiger partial charge in [0.15, 0.2) is 23.3 Å². The Morgan fingerprint density at radius 1 is 0.585 bits per heavy atom. The Kier molecular flexibility index (Phi) is 9.05. The van der Waals surface area contributed by atoms with Gasteiger partial charge in [0.1, 0.15) is 29.1 Å². The summed E-state index contributed by atoms with van der Waals surface area (Å²) in [5.74, 6) is -11.8. The molecule has 212 valence electrons. The second-order valence-electron chi connectivity index (χ2n) is 9.25. The van der Waals surface area contributed by atoms with Crippen LogP contribution in [0, 0.1) is 40.7 Å². The lowest BCUT2D eigenvalue weighted by Gasteiger charge is -2.12. The lowest BCUT2D eigenvalue weighted by molar-refractivity contribution is 0.445. The minimum absolute atomic E-state index is 0.104. The molecule has 0 aliphatic rings. The van der Waals surface area contributed by atoms with Crippen molar-refractivity contribution in [1.82, 2.24) is 0 Å². The standard InChI is InChI=1S/C32H21F9/c1-2-3-4-22(33)31(40)21-15-25(36)30(26(37)16-21)20-13-23(34)29(24(35)14-20)19-9-7-17(8-10-19)5-6-18-11-27(38)32(41)28(39)12-18/h2,7-16H,1,3-6H2/b31-22+. The molecule has 0 aromatic heterocycles. The quantitative estimate of drug-likeness (QED) is 0.106. The molecule has 0 N–H and O–H groups in total. The molecule has 0 saturated heterocycles. The van der Waals surface area contributed by atoms with E-state index in [0.717, 1.165) is 24.3 Å². The average Bonchev–Trinajstić information content (AvgIpc) is 2.93. The van der Waals surface area contributed by atoms with Crippen LogP contribution in [0.25, 0.3) is 28.1 Å². The van der Waals surface area contributed by atoms with Gasteiger partial charge >= 0.3 is 0 Å². The van der Waals surface area contributed by atoms with E-state index in [1.54, 1.807) is 0 Å². The summed E-state index contributed by atoms with van der Waals surface area (Å²) in [6.07, 6.45) is 1.56. The second kappa shape index (κ2) is 12.5. The molecule has 0 spiro atoms. The van der Waals surface area contributed by atoms with Crippen LogP contribution in [-0.4, -0.2) is 0 Å². The van der Waals surface area contributed by atoms with E-state index in [4.69, 9.17) is 0 Å². The van der Waals surface area contributed by atoms with Crippen LogP contribution in [0.1, 0.15) is 29.5 Å². The van der Waals surface area contributed by atoms with Gasteiger partial charge in [0, 0.05) is 12.0 Å². The zero-order valence-electron chi connectivity index (χ0n) is 21.3. The van der Waals surface area contributed by atoms with Crippen molar-refractivity contribution in [3.8, 4) is 22.3 Å². The van der Waals surface area contributed by atoms with Gasteiger partial charge in [-0.05, 0) is 77.9 Å². The Morgan fingerprint density at radius 3 is 1.61 bits per heavy atom. The molecule has 0 unspecified atom stereocenters. The SMILES string of the molecule is C=CCC/C(F)=C(\F)c1cc(F)c(-c2cc(F)c(-c3ccc(CCc4cc(F)c(F)c(F)c4)cc3)c(F)c2)c(F)c1. The van der Waals surface area contributed by atoms with Crippen molar-refractivity contribution in [2.45, 2.75) is 25.7 Å². The molecule has 4 aromatic carbocycles. The molecule has 0 amide bonds. The minimum Gasteiger partial charge on any atom is -0.209 e. The summed E-state index contributed by atoms with van der Waals surface area (Å²) in [6, 6.07) is 10.2. The van der Waals surface area contributed by atoms with Crippen molar-refractivity contribution in [2.75, 3.05) is 0 Å². The number of allylic oxidation sites excluding steroid dienone is 2. The number of benzene rings is 4. The van der Waals surface area contributed by atoms with Gasteiger partial charge in [-0.25, -0.2) is 39.5 Å². The summed E-state index contributed by atoms with van der Waals surface area (Å²) in [7, 11) is 0. The van der Waals surface area contributed by atoms with Gasteiger partial charge in [0.25, 0.3) is 0 Å². The summed E-state index contributed by atoms with van der Waals surface area (Å²) in [6.45, 7) is 3.38. The number of hydrogen-bond donors (Lipinski definition) is 0. The van der Waals surface area contributed by atoms with E-state index in [-0.39, 0.29) is 36.8 Å². The lowest BCUT2D eigenvalue weighted by Crippen LogP contribution is -1.98.